The van der Waals surface area contributed by atoms with E-state index in [-0.39, 0.29) is 11.4 Å². The van der Waals surface area contributed by atoms with Gasteiger partial charge in [0.2, 0.25) is 0 Å². The number of nitrogens with one attached hydrogen (secondary N) is 1. The number of hydrogen-bond donors (Lipinski definition) is 2. The first-order valence-electron chi connectivity index (χ1n) is 6.03. The molecule has 1 heterocycles. The molecule has 0 atom stereocenters. The van der Waals surface area contributed by atoms with Crippen molar-refractivity contribution in [2.75, 3.05) is 4.72 Å². The van der Waals surface area contributed by atoms with Gasteiger partial charge in [0.15, 0.2) is 0 Å². The lowest BCUT2D eigenvalue weighted by molar-refractivity contribution is 0.494. The third kappa shape index (κ3) is 3.18. The number of furan rings is 1. The quantitative estimate of drug-likeness (QED) is 0.763. The van der Waals surface area contributed by atoms with Gasteiger partial charge in [-0.15, -0.1) is 0 Å². The minimum atomic E-state index is -3.79. The van der Waals surface area contributed by atoms with Gasteiger partial charge in [0, 0.05) is 21.1 Å². The third-order valence-corrected chi connectivity index (χ3v) is 5.86. The molecule has 0 aliphatic carbocycles. The Hall–Kier alpha value is -0.830. The number of nitrogens with two attached hydrogens (primary N) is 1. The van der Waals surface area contributed by atoms with E-state index in [4.69, 9.17) is 10.2 Å². The van der Waals surface area contributed by atoms with E-state index in [1.54, 1.807) is 32.0 Å². The van der Waals surface area contributed by atoms with Crippen molar-refractivity contribution in [2.45, 2.75) is 25.3 Å². The SMILES string of the molecule is Cc1oc(C)c(S(=O)(=O)Nc2c(Br)cccc2Br)c1CN. The molecule has 2 aromatic rings. The summed E-state index contributed by atoms with van der Waals surface area (Å²) in [6.07, 6.45) is 0. The highest BCUT2D eigenvalue weighted by Crippen LogP contribution is 2.34. The number of sulfonamides is 1. The fourth-order valence-corrected chi connectivity index (χ4v) is 5.10. The van der Waals surface area contributed by atoms with Crippen LogP contribution in [0.2, 0.25) is 0 Å². The van der Waals surface area contributed by atoms with Gasteiger partial charge in [0.25, 0.3) is 10.0 Å². The highest BCUT2D eigenvalue weighted by atomic mass is 79.9. The Bertz CT molecular complexity index is 765. The topological polar surface area (TPSA) is 85.3 Å². The zero-order chi connectivity index (χ0) is 15.8. The van der Waals surface area contributed by atoms with E-state index >= 15 is 0 Å². The van der Waals surface area contributed by atoms with Crippen LogP contribution in [0, 0.1) is 13.8 Å². The summed E-state index contributed by atoms with van der Waals surface area (Å²) in [6.45, 7) is 3.40. The molecule has 0 amide bonds. The number of para-hydroxylation sites is 1. The Labute approximate surface area is 140 Å². The Morgan fingerprint density at radius 1 is 1.19 bits per heavy atom. The summed E-state index contributed by atoms with van der Waals surface area (Å²) < 4.78 is 34.5. The number of halogens is 2. The van der Waals surface area contributed by atoms with Gasteiger partial charge in [-0.2, -0.15) is 0 Å². The molecule has 5 nitrogen and oxygen atoms in total. The number of aryl methyl sites for hydroxylation is 2. The number of hydrogen-bond acceptors (Lipinski definition) is 4. The highest BCUT2D eigenvalue weighted by molar-refractivity contribution is 9.11. The molecule has 21 heavy (non-hydrogen) atoms. The smallest absolute Gasteiger partial charge is 0.265 e. The summed E-state index contributed by atoms with van der Waals surface area (Å²) in [5.41, 5.74) is 6.56. The molecule has 0 aliphatic rings. The Morgan fingerprint density at radius 3 is 2.29 bits per heavy atom. The largest absolute Gasteiger partial charge is 0.465 e. The summed E-state index contributed by atoms with van der Waals surface area (Å²) in [5.74, 6) is 0.838. The van der Waals surface area contributed by atoms with Crippen LogP contribution in [0.15, 0.2) is 36.5 Å². The van der Waals surface area contributed by atoms with Gasteiger partial charge in [-0.1, -0.05) is 6.07 Å². The van der Waals surface area contributed by atoms with Crippen molar-refractivity contribution in [3.63, 3.8) is 0 Å². The normalized spacial score (nSPS) is 11.7. The lowest BCUT2D eigenvalue weighted by atomic mass is 10.2. The van der Waals surface area contributed by atoms with Crippen molar-refractivity contribution in [2.24, 2.45) is 5.73 Å². The summed E-state index contributed by atoms with van der Waals surface area (Å²) in [4.78, 5) is 0.102. The standard InChI is InChI=1S/C13H14Br2N2O3S/c1-7-9(6-16)13(8(2)20-7)21(18,19)17-12-10(14)4-3-5-11(12)15/h3-5,17H,6,16H2,1-2H3. The first-order chi connectivity index (χ1) is 9.77. The molecule has 3 N–H and O–H groups in total. The van der Waals surface area contributed by atoms with Crippen LogP contribution in [0.4, 0.5) is 5.69 Å². The summed E-state index contributed by atoms with van der Waals surface area (Å²) in [7, 11) is -3.79. The van der Waals surface area contributed by atoms with Crippen LogP contribution in [0.3, 0.4) is 0 Å². The molecule has 0 bridgehead atoms. The van der Waals surface area contributed by atoms with Gasteiger partial charge >= 0.3 is 0 Å². The zero-order valence-corrected chi connectivity index (χ0v) is 15.4. The summed E-state index contributed by atoms with van der Waals surface area (Å²) in [5, 5.41) is 0. The first kappa shape index (κ1) is 16.5. The molecule has 2 rings (SSSR count). The fraction of sp³-hybridized carbons (Fsp3) is 0.231. The van der Waals surface area contributed by atoms with Crippen molar-refractivity contribution < 1.29 is 12.8 Å². The third-order valence-electron chi connectivity index (χ3n) is 3.00. The molecule has 0 radical (unpaired) electrons. The van der Waals surface area contributed by atoms with E-state index in [1.807, 2.05) is 0 Å². The number of benzene rings is 1. The lowest BCUT2D eigenvalue weighted by Crippen LogP contribution is -2.17. The average molecular weight is 438 g/mol. The molecule has 114 valence electrons. The van der Waals surface area contributed by atoms with Crippen molar-refractivity contribution in [1.82, 2.24) is 0 Å². The number of rotatable bonds is 4. The molecule has 0 saturated carbocycles. The second-order valence-corrected chi connectivity index (χ2v) is 7.76. The lowest BCUT2D eigenvalue weighted by Gasteiger charge is -2.12. The van der Waals surface area contributed by atoms with Crippen molar-refractivity contribution in [1.29, 1.82) is 0 Å². The molecule has 0 saturated heterocycles. The molecule has 1 aromatic carbocycles. The van der Waals surface area contributed by atoms with E-state index < -0.39 is 10.0 Å². The summed E-state index contributed by atoms with van der Waals surface area (Å²) >= 11 is 6.65. The minimum Gasteiger partial charge on any atom is -0.465 e. The van der Waals surface area contributed by atoms with Crippen LogP contribution in [0.25, 0.3) is 0 Å². The fourth-order valence-electron chi connectivity index (χ4n) is 2.08. The van der Waals surface area contributed by atoms with E-state index in [2.05, 4.69) is 36.6 Å². The minimum absolute atomic E-state index is 0.0938. The Balaban J connectivity index is 2.54. The first-order valence-corrected chi connectivity index (χ1v) is 9.10. The molecule has 0 fully saturated rings. The van der Waals surface area contributed by atoms with Crippen molar-refractivity contribution in [3.05, 3.63) is 44.2 Å². The molecular weight excluding hydrogens is 424 g/mol. The average Bonchev–Trinajstić information content (AvgIpc) is 2.69. The van der Waals surface area contributed by atoms with Gasteiger partial charge in [-0.3, -0.25) is 4.72 Å². The molecule has 8 heteroatoms. The van der Waals surface area contributed by atoms with Crippen molar-refractivity contribution in [3.8, 4) is 0 Å². The van der Waals surface area contributed by atoms with Crippen LogP contribution < -0.4 is 10.5 Å². The maximum atomic E-state index is 12.7. The van der Waals surface area contributed by atoms with Crippen molar-refractivity contribution >= 4 is 47.6 Å². The maximum Gasteiger partial charge on any atom is 0.265 e. The van der Waals surface area contributed by atoms with Crippen LogP contribution in [0.1, 0.15) is 17.1 Å². The van der Waals surface area contributed by atoms with Crippen LogP contribution in [-0.4, -0.2) is 8.42 Å². The van der Waals surface area contributed by atoms with E-state index in [9.17, 15) is 8.42 Å². The predicted octanol–water partition coefficient (Wildman–Crippen LogP) is 3.68. The molecule has 1 aromatic heterocycles. The molecular formula is C13H14Br2N2O3S. The monoisotopic (exact) mass is 436 g/mol. The molecule has 0 unspecified atom stereocenters. The Morgan fingerprint density at radius 2 is 1.76 bits per heavy atom. The van der Waals surface area contributed by atoms with Gasteiger partial charge in [-0.05, 0) is 57.8 Å². The van der Waals surface area contributed by atoms with E-state index in [0.717, 1.165) is 0 Å². The second kappa shape index (κ2) is 6.12. The van der Waals surface area contributed by atoms with Gasteiger partial charge in [0.1, 0.15) is 16.4 Å². The number of anilines is 1. The molecule has 0 spiro atoms. The molecule has 0 aliphatic heterocycles. The van der Waals surface area contributed by atoms with Crippen LogP contribution >= 0.6 is 31.9 Å². The van der Waals surface area contributed by atoms with Crippen LogP contribution in [0.5, 0.6) is 0 Å². The van der Waals surface area contributed by atoms with Gasteiger partial charge in [0.05, 0.1) is 5.69 Å². The van der Waals surface area contributed by atoms with E-state index in [1.165, 1.54) is 0 Å². The van der Waals surface area contributed by atoms with Crippen LogP contribution in [-0.2, 0) is 16.6 Å². The van der Waals surface area contributed by atoms with E-state index in [0.29, 0.717) is 31.7 Å². The maximum absolute atomic E-state index is 12.7. The zero-order valence-electron chi connectivity index (χ0n) is 11.4. The predicted molar refractivity (Wildman–Crippen MR) is 88.7 cm³/mol. The van der Waals surface area contributed by atoms with Gasteiger partial charge < -0.3 is 10.2 Å². The summed E-state index contributed by atoms with van der Waals surface area (Å²) in [6, 6.07) is 5.30. The highest BCUT2D eigenvalue weighted by Gasteiger charge is 2.27. The second-order valence-electron chi connectivity index (χ2n) is 4.43. The van der Waals surface area contributed by atoms with Gasteiger partial charge in [-0.25, -0.2) is 8.42 Å². The Kier molecular flexibility index (Phi) is 4.82.